The summed E-state index contributed by atoms with van der Waals surface area (Å²) in [4.78, 5) is 10.4. The molecule has 0 saturated carbocycles. The van der Waals surface area contributed by atoms with Gasteiger partial charge in [-0.3, -0.25) is 0 Å². The minimum absolute atomic E-state index is 0.00124. The zero-order chi connectivity index (χ0) is 16.2. The van der Waals surface area contributed by atoms with Crippen LogP contribution in [0.1, 0.15) is 5.56 Å². The highest BCUT2D eigenvalue weighted by Crippen LogP contribution is 2.21. The van der Waals surface area contributed by atoms with Crippen molar-refractivity contribution in [2.24, 2.45) is 0 Å². The summed E-state index contributed by atoms with van der Waals surface area (Å²) in [5.41, 5.74) is 0.0780. The number of carbonyl (C=O) groups is 1. The van der Waals surface area contributed by atoms with Gasteiger partial charge in [-0.15, -0.1) is 0 Å². The third-order valence-electron chi connectivity index (χ3n) is 3.21. The number of morpholine rings is 1. The summed E-state index contributed by atoms with van der Waals surface area (Å²) in [6.45, 7) is 0.356. The second kappa shape index (κ2) is 6.74. The van der Waals surface area contributed by atoms with Gasteiger partial charge < -0.3 is 15.2 Å². The van der Waals surface area contributed by atoms with Gasteiger partial charge in [0.2, 0.25) is 10.0 Å². The molecule has 2 N–H and O–H groups in total. The van der Waals surface area contributed by atoms with E-state index in [1.807, 2.05) is 6.07 Å². The van der Waals surface area contributed by atoms with E-state index in [4.69, 9.17) is 15.1 Å². The largest absolute Gasteiger partial charge is 0.465 e. The summed E-state index contributed by atoms with van der Waals surface area (Å²) < 4.78 is 31.8. The van der Waals surface area contributed by atoms with E-state index in [-0.39, 0.29) is 36.7 Å². The number of sulfonamides is 1. The lowest BCUT2D eigenvalue weighted by Gasteiger charge is -2.32. The summed E-state index contributed by atoms with van der Waals surface area (Å²) in [5, 5.41) is 19.8. The van der Waals surface area contributed by atoms with E-state index in [0.29, 0.717) is 0 Å². The highest BCUT2D eigenvalue weighted by atomic mass is 32.2. The summed E-state index contributed by atoms with van der Waals surface area (Å²) in [6, 6.07) is 7.84. The Balaban J connectivity index is 2.19. The molecule has 1 fully saturated rings. The van der Waals surface area contributed by atoms with Crippen LogP contribution in [-0.2, 0) is 14.8 Å². The van der Waals surface area contributed by atoms with Crippen LogP contribution >= 0.6 is 0 Å². The van der Waals surface area contributed by atoms with Crippen molar-refractivity contribution < 1.29 is 23.1 Å². The lowest BCUT2D eigenvalue weighted by Crippen LogP contribution is -2.49. The molecule has 0 unspecified atom stereocenters. The van der Waals surface area contributed by atoms with Crippen molar-refractivity contribution in [3.63, 3.8) is 0 Å². The number of rotatable bonds is 4. The molecule has 0 spiro atoms. The standard InChI is InChI=1S/C13H15N3O5S/c14-7-10-3-1-2-4-12(10)22(19,20)16-5-6-21-11(9-16)8-15-13(17)18/h1-4,11,15H,5-6,8-9H2,(H,17,18)/t11-/m1/s1. The highest BCUT2D eigenvalue weighted by molar-refractivity contribution is 7.89. The molecular weight excluding hydrogens is 310 g/mol. The van der Waals surface area contributed by atoms with Crippen LogP contribution in [0.4, 0.5) is 4.79 Å². The molecule has 22 heavy (non-hydrogen) atoms. The van der Waals surface area contributed by atoms with Crippen LogP contribution in [0.3, 0.4) is 0 Å². The number of nitrogens with one attached hydrogen (secondary N) is 1. The van der Waals surface area contributed by atoms with Gasteiger partial charge in [-0.2, -0.15) is 9.57 Å². The first-order chi connectivity index (χ1) is 10.4. The van der Waals surface area contributed by atoms with E-state index in [2.05, 4.69) is 5.32 Å². The summed E-state index contributed by atoms with van der Waals surface area (Å²) in [7, 11) is -3.82. The molecule has 118 valence electrons. The zero-order valence-electron chi connectivity index (χ0n) is 11.6. The van der Waals surface area contributed by atoms with E-state index in [1.54, 1.807) is 12.1 Å². The quantitative estimate of drug-likeness (QED) is 0.817. The van der Waals surface area contributed by atoms with Gasteiger partial charge >= 0.3 is 6.09 Å². The number of amides is 1. The van der Waals surface area contributed by atoms with Gasteiger partial charge in [0.1, 0.15) is 6.07 Å². The second-order valence-corrected chi connectivity index (χ2v) is 6.56. The molecule has 9 heteroatoms. The summed E-state index contributed by atoms with van der Waals surface area (Å²) >= 11 is 0. The van der Waals surface area contributed by atoms with E-state index in [9.17, 15) is 13.2 Å². The lowest BCUT2D eigenvalue weighted by molar-refractivity contribution is 0.000396. The Morgan fingerprint density at radius 3 is 2.91 bits per heavy atom. The number of carboxylic acid groups (broad SMARTS) is 1. The third-order valence-corrected chi connectivity index (χ3v) is 5.13. The van der Waals surface area contributed by atoms with Crippen LogP contribution in [0.15, 0.2) is 29.2 Å². The Bertz CT molecular complexity index is 698. The zero-order valence-corrected chi connectivity index (χ0v) is 12.4. The van der Waals surface area contributed by atoms with Crippen molar-refractivity contribution in [3.8, 4) is 6.07 Å². The Morgan fingerprint density at radius 1 is 1.50 bits per heavy atom. The molecule has 1 aromatic rings. The molecule has 1 heterocycles. The van der Waals surface area contributed by atoms with E-state index in [0.717, 1.165) is 0 Å². The van der Waals surface area contributed by atoms with Crippen molar-refractivity contribution in [1.29, 1.82) is 5.26 Å². The lowest BCUT2D eigenvalue weighted by atomic mass is 10.2. The third kappa shape index (κ3) is 3.54. The summed E-state index contributed by atoms with van der Waals surface area (Å²) in [6.07, 6.45) is -1.76. The maximum absolute atomic E-state index is 12.6. The molecule has 0 aliphatic carbocycles. The SMILES string of the molecule is N#Cc1ccccc1S(=O)(=O)N1CCO[C@H](CNC(=O)O)C1. The van der Waals surface area contributed by atoms with Crippen LogP contribution in [-0.4, -0.2) is 56.3 Å². The predicted molar refractivity (Wildman–Crippen MR) is 75.7 cm³/mol. The average Bonchev–Trinajstić information content (AvgIpc) is 2.53. The van der Waals surface area contributed by atoms with Gasteiger partial charge in [-0.05, 0) is 12.1 Å². The minimum atomic E-state index is -3.82. The molecule has 1 atom stereocenters. The molecule has 1 saturated heterocycles. The Labute approximate surface area is 128 Å². The highest BCUT2D eigenvalue weighted by Gasteiger charge is 2.32. The molecular formula is C13H15N3O5S. The normalized spacial score (nSPS) is 19.3. The molecule has 0 aromatic heterocycles. The molecule has 1 aromatic carbocycles. The second-order valence-electron chi connectivity index (χ2n) is 4.65. The first-order valence-electron chi connectivity index (χ1n) is 6.53. The van der Waals surface area contributed by atoms with Crippen LogP contribution in [0, 0.1) is 11.3 Å². The Morgan fingerprint density at radius 2 is 2.23 bits per heavy atom. The maximum atomic E-state index is 12.6. The fourth-order valence-electron chi connectivity index (χ4n) is 2.16. The monoisotopic (exact) mass is 325 g/mol. The smallest absolute Gasteiger partial charge is 0.404 e. The van der Waals surface area contributed by atoms with Crippen LogP contribution < -0.4 is 5.32 Å². The molecule has 1 amide bonds. The molecule has 2 rings (SSSR count). The Kier molecular flexibility index (Phi) is 4.97. The summed E-state index contributed by atoms with van der Waals surface area (Å²) in [5.74, 6) is 0. The van der Waals surface area contributed by atoms with E-state index < -0.39 is 22.2 Å². The number of hydrogen-bond acceptors (Lipinski definition) is 5. The molecule has 8 nitrogen and oxygen atoms in total. The van der Waals surface area contributed by atoms with Gasteiger partial charge in [0.05, 0.1) is 23.2 Å². The van der Waals surface area contributed by atoms with Crippen LogP contribution in [0.5, 0.6) is 0 Å². The molecule has 0 bridgehead atoms. The first-order valence-corrected chi connectivity index (χ1v) is 7.97. The number of nitrogens with zero attached hydrogens (tertiary/aromatic N) is 2. The molecule has 1 aliphatic rings. The van der Waals surface area contributed by atoms with Gasteiger partial charge in [-0.1, -0.05) is 12.1 Å². The van der Waals surface area contributed by atoms with E-state index in [1.165, 1.54) is 16.4 Å². The molecule has 0 radical (unpaired) electrons. The van der Waals surface area contributed by atoms with Gasteiger partial charge in [0.25, 0.3) is 0 Å². The minimum Gasteiger partial charge on any atom is -0.465 e. The average molecular weight is 325 g/mol. The number of ether oxygens (including phenoxy) is 1. The van der Waals surface area contributed by atoms with Crippen molar-refractivity contribution in [1.82, 2.24) is 9.62 Å². The van der Waals surface area contributed by atoms with E-state index >= 15 is 0 Å². The number of hydrogen-bond donors (Lipinski definition) is 2. The van der Waals surface area contributed by atoms with Crippen LogP contribution in [0.25, 0.3) is 0 Å². The fourth-order valence-corrected chi connectivity index (χ4v) is 3.76. The molecule has 1 aliphatic heterocycles. The van der Waals surface area contributed by atoms with Crippen molar-refractivity contribution >= 4 is 16.1 Å². The fraction of sp³-hybridized carbons (Fsp3) is 0.385. The van der Waals surface area contributed by atoms with Gasteiger partial charge in [0.15, 0.2) is 0 Å². The number of nitriles is 1. The van der Waals surface area contributed by atoms with Crippen LogP contribution in [0.2, 0.25) is 0 Å². The topological polar surface area (TPSA) is 120 Å². The van der Waals surface area contributed by atoms with Crippen molar-refractivity contribution in [2.45, 2.75) is 11.0 Å². The number of benzene rings is 1. The van der Waals surface area contributed by atoms with Gasteiger partial charge in [-0.25, -0.2) is 13.2 Å². The van der Waals surface area contributed by atoms with Crippen molar-refractivity contribution in [3.05, 3.63) is 29.8 Å². The first kappa shape index (κ1) is 16.2. The van der Waals surface area contributed by atoms with Gasteiger partial charge in [0, 0.05) is 19.6 Å². The van der Waals surface area contributed by atoms with Crippen molar-refractivity contribution in [2.75, 3.05) is 26.2 Å². The Hall–Kier alpha value is -2.15. The maximum Gasteiger partial charge on any atom is 0.404 e. The predicted octanol–water partition coefficient (Wildman–Crippen LogP) is 0.215.